The van der Waals surface area contributed by atoms with Crippen LogP contribution in [0.5, 0.6) is 0 Å². The summed E-state index contributed by atoms with van der Waals surface area (Å²) in [6, 6.07) is 13.4. The summed E-state index contributed by atoms with van der Waals surface area (Å²) in [5, 5.41) is 0.559. The van der Waals surface area contributed by atoms with E-state index in [1.54, 1.807) is 22.9 Å². The van der Waals surface area contributed by atoms with Crippen LogP contribution in [-0.4, -0.2) is 14.5 Å². The van der Waals surface area contributed by atoms with E-state index < -0.39 is 0 Å². The predicted molar refractivity (Wildman–Crippen MR) is 74.1 cm³/mol. The fourth-order valence-electron chi connectivity index (χ4n) is 2.11. The van der Waals surface area contributed by atoms with Crippen LogP contribution in [0.4, 0.5) is 0 Å². The molecule has 0 unspecified atom stereocenters. The Morgan fingerprint density at radius 2 is 1.89 bits per heavy atom. The lowest BCUT2D eigenvalue weighted by Gasteiger charge is -2.10. The molecular weight excluding hydrogens is 238 g/mol. The molecule has 94 valence electrons. The van der Waals surface area contributed by atoms with E-state index in [9.17, 15) is 4.79 Å². The molecule has 0 saturated heterocycles. The van der Waals surface area contributed by atoms with E-state index in [1.165, 1.54) is 0 Å². The molecule has 0 aliphatic heterocycles. The molecule has 1 aromatic carbocycles. The standard InChI is InChI=1S/C15H13N3O/c1-11-17-14-13(8-5-9-16-14)15(19)18(11)10-12-6-3-2-4-7-12/h2-9H,10H2,1H3. The summed E-state index contributed by atoms with van der Waals surface area (Å²) in [5.41, 5.74) is 1.55. The fraction of sp³-hybridized carbons (Fsp3) is 0.133. The maximum atomic E-state index is 12.4. The molecule has 0 radical (unpaired) electrons. The van der Waals surface area contributed by atoms with Gasteiger partial charge < -0.3 is 0 Å². The zero-order valence-corrected chi connectivity index (χ0v) is 10.6. The first-order valence-corrected chi connectivity index (χ1v) is 6.12. The minimum absolute atomic E-state index is 0.0422. The number of hydrogen-bond acceptors (Lipinski definition) is 3. The van der Waals surface area contributed by atoms with Crippen molar-refractivity contribution in [1.82, 2.24) is 14.5 Å². The molecule has 4 nitrogen and oxygen atoms in total. The molecular formula is C15H13N3O. The van der Waals surface area contributed by atoms with Crippen LogP contribution >= 0.6 is 0 Å². The van der Waals surface area contributed by atoms with Crippen molar-refractivity contribution in [2.75, 3.05) is 0 Å². The molecule has 3 aromatic rings. The number of pyridine rings is 1. The van der Waals surface area contributed by atoms with Crippen molar-refractivity contribution < 1.29 is 0 Å². The summed E-state index contributed by atoms with van der Waals surface area (Å²) in [4.78, 5) is 20.9. The highest BCUT2D eigenvalue weighted by Crippen LogP contribution is 2.07. The monoisotopic (exact) mass is 251 g/mol. The van der Waals surface area contributed by atoms with E-state index in [0.29, 0.717) is 23.4 Å². The van der Waals surface area contributed by atoms with E-state index in [0.717, 1.165) is 5.56 Å². The van der Waals surface area contributed by atoms with Crippen LogP contribution in [0.25, 0.3) is 11.0 Å². The Morgan fingerprint density at radius 3 is 2.68 bits per heavy atom. The van der Waals surface area contributed by atoms with Crippen molar-refractivity contribution in [2.45, 2.75) is 13.5 Å². The summed E-state index contributed by atoms with van der Waals surface area (Å²) >= 11 is 0. The molecule has 2 aromatic heterocycles. The van der Waals surface area contributed by atoms with Gasteiger partial charge >= 0.3 is 0 Å². The Morgan fingerprint density at radius 1 is 1.11 bits per heavy atom. The Balaban J connectivity index is 2.16. The minimum atomic E-state index is -0.0422. The van der Waals surface area contributed by atoms with Crippen molar-refractivity contribution in [1.29, 1.82) is 0 Å². The Kier molecular flexibility index (Phi) is 2.83. The molecule has 0 amide bonds. The fourth-order valence-corrected chi connectivity index (χ4v) is 2.11. The number of benzene rings is 1. The van der Waals surface area contributed by atoms with Crippen molar-refractivity contribution in [3.63, 3.8) is 0 Å². The maximum absolute atomic E-state index is 12.4. The first-order valence-electron chi connectivity index (χ1n) is 6.12. The number of rotatable bonds is 2. The zero-order valence-electron chi connectivity index (χ0n) is 10.6. The van der Waals surface area contributed by atoms with Crippen molar-refractivity contribution in [3.8, 4) is 0 Å². The van der Waals surface area contributed by atoms with Crippen LogP contribution in [0.3, 0.4) is 0 Å². The highest BCUT2D eigenvalue weighted by atomic mass is 16.1. The van der Waals surface area contributed by atoms with Gasteiger partial charge in [-0.05, 0) is 24.6 Å². The molecule has 0 N–H and O–H groups in total. The molecule has 0 spiro atoms. The normalized spacial score (nSPS) is 10.8. The third kappa shape index (κ3) is 2.12. The number of nitrogens with zero attached hydrogens (tertiary/aromatic N) is 3. The number of aromatic nitrogens is 3. The quantitative estimate of drug-likeness (QED) is 0.701. The Bertz CT molecular complexity index is 778. The summed E-state index contributed by atoms with van der Waals surface area (Å²) < 4.78 is 1.68. The first kappa shape index (κ1) is 11.6. The van der Waals surface area contributed by atoms with Gasteiger partial charge in [-0.15, -0.1) is 0 Å². The number of aryl methyl sites for hydroxylation is 1. The topological polar surface area (TPSA) is 47.8 Å². The van der Waals surface area contributed by atoms with Gasteiger partial charge in [0.15, 0.2) is 5.65 Å². The third-order valence-electron chi connectivity index (χ3n) is 3.10. The van der Waals surface area contributed by atoms with Gasteiger partial charge in [-0.2, -0.15) is 0 Å². The highest BCUT2D eigenvalue weighted by Gasteiger charge is 2.08. The summed E-state index contributed by atoms with van der Waals surface area (Å²) in [6.07, 6.45) is 1.65. The molecule has 4 heteroatoms. The van der Waals surface area contributed by atoms with Crippen LogP contribution in [0.2, 0.25) is 0 Å². The molecule has 0 saturated carbocycles. The van der Waals surface area contributed by atoms with Crippen LogP contribution in [0.1, 0.15) is 11.4 Å². The summed E-state index contributed by atoms with van der Waals surface area (Å²) in [6.45, 7) is 2.36. The molecule has 0 bridgehead atoms. The van der Waals surface area contributed by atoms with Crippen molar-refractivity contribution >= 4 is 11.0 Å². The Hall–Kier alpha value is -2.49. The van der Waals surface area contributed by atoms with E-state index in [1.807, 2.05) is 37.3 Å². The van der Waals surface area contributed by atoms with Crippen LogP contribution in [-0.2, 0) is 6.54 Å². The van der Waals surface area contributed by atoms with Gasteiger partial charge in [0.2, 0.25) is 0 Å². The third-order valence-corrected chi connectivity index (χ3v) is 3.10. The maximum Gasteiger partial charge on any atom is 0.263 e. The first-order chi connectivity index (χ1) is 9.25. The van der Waals surface area contributed by atoms with Gasteiger partial charge in [0, 0.05) is 6.20 Å². The lowest BCUT2D eigenvalue weighted by molar-refractivity contribution is 0.711. The van der Waals surface area contributed by atoms with Gasteiger partial charge in [0.25, 0.3) is 5.56 Å². The van der Waals surface area contributed by atoms with E-state index in [4.69, 9.17) is 0 Å². The highest BCUT2D eigenvalue weighted by molar-refractivity contribution is 5.72. The second-order valence-corrected chi connectivity index (χ2v) is 4.41. The second-order valence-electron chi connectivity index (χ2n) is 4.41. The summed E-state index contributed by atoms with van der Waals surface area (Å²) in [7, 11) is 0. The molecule has 2 heterocycles. The average Bonchev–Trinajstić information content (AvgIpc) is 2.45. The Labute approximate surface area is 110 Å². The SMILES string of the molecule is Cc1nc2ncccc2c(=O)n1Cc1ccccc1. The van der Waals surface area contributed by atoms with Gasteiger partial charge in [0.1, 0.15) is 5.82 Å². The van der Waals surface area contributed by atoms with Crippen molar-refractivity contribution in [3.05, 3.63) is 70.4 Å². The average molecular weight is 251 g/mol. The molecule has 0 atom stereocenters. The van der Waals surface area contributed by atoms with E-state index in [2.05, 4.69) is 9.97 Å². The lowest BCUT2D eigenvalue weighted by Crippen LogP contribution is -2.24. The van der Waals surface area contributed by atoms with Gasteiger partial charge in [-0.3, -0.25) is 9.36 Å². The molecule has 0 fully saturated rings. The largest absolute Gasteiger partial charge is 0.292 e. The molecule has 3 rings (SSSR count). The second kappa shape index (κ2) is 4.65. The number of hydrogen-bond donors (Lipinski definition) is 0. The van der Waals surface area contributed by atoms with Crippen LogP contribution < -0.4 is 5.56 Å². The van der Waals surface area contributed by atoms with Gasteiger partial charge in [0.05, 0.1) is 11.9 Å². The molecule has 19 heavy (non-hydrogen) atoms. The predicted octanol–water partition coefficient (Wildman–Crippen LogP) is 2.15. The lowest BCUT2D eigenvalue weighted by atomic mass is 10.2. The molecule has 0 aliphatic rings. The van der Waals surface area contributed by atoms with Crippen molar-refractivity contribution in [2.24, 2.45) is 0 Å². The smallest absolute Gasteiger partial charge is 0.263 e. The zero-order chi connectivity index (χ0) is 13.2. The van der Waals surface area contributed by atoms with Crippen LogP contribution in [0, 0.1) is 6.92 Å². The van der Waals surface area contributed by atoms with E-state index in [-0.39, 0.29) is 5.56 Å². The minimum Gasteiger partial charge on any atom is -0.292 e. The van der Waals surface area contributed by atoms with Gasteiger partial charge in [-0.1, -0.05) is 30.3 Å². The summed E-state index contributed by atoms with van der Waals surface area (Å²) in [5.74, 6) is 0.681. The van der Waals surface area contributed by atoms with E-state index >= 15 is 0 Å². The molecule has 0 aliphatic carbocycles. The number of fused-ring (bicyclic) bond motifs is 1. The van der Waals surface area contributed by atoms with Crippen LogP contribution in [0.15, 0.2) is 53.5 Å². The van der Waals surface area contributed by atoms with Gasteiger partial charge in [-0.25, -0.2) is 9.97 Å².